The monoisotopic (exact) mass is 312 g/mol. The largest absolute Gasteiger partial charge is 0.478 e. The summed E-state index contributed by atoms with van der Waals surface area (Å²) in [7, 11) is 0. The van der Waals surface area contributed by atoms with Gasteiger partial charge in [0.2, 0.25) is 5.88 Å². The molecule has 0 saturated carbocycles. The third kappa shape index (κ3) is 2.62. The van der Waals surface area contributed by atoms with E-state index < -0.39 is 0 Å². The molecule has 0 saturated heterocycles. The van der Waals surface area contributed by atoms with Gasteiger partial charge in [-0.3, -0.25) is 0 Å². The molecule has 1 aromatic heterocycles. The van der Waals surface area contributed by atoms with E-state index in [1.165, 1.54) is 0 Å². The SMILES string of the molecule is CCOc1ccc2c(n1)=C(c1ccc(Cl)cc1)C(=C=O)NC=2. The van der Waals surface area contributed by atoms with Crippen LogP contribution in [0.25, 0.3) is 11.8 Å². The van der Waals surface area contributed by atoms with E-state index in [9.17, 15) is 4.79 Å². The predicted octanol–water partition coefficient (Wildman–Crippen LogP) is 1.39. The summed E-state index contributed by atoms with van der Waals surface area (Å²) in [6, 6.07) is 10.9. The number of allylic oxidation sites excluding steroid dienone is 1. The van der Waals surface area contributed by atoms with E-state index in [-0.39, 0.29) is 0 Å². The molecule has 22 heavy (non-hydrogen) atoms. The molecule has 0 spiro atoms. The van der Waals surface area contributed by atoms with E-state index in [0.29, 0.717) is 34.1 Å². The van der Waals surface area contributed by atoms with Gasteiger partial charge in [0.1, 0.15) is 5.70 Å². The van der Waals surface area contributed by atoms with Gasteiger partial charge in [-0.25, -0.2) is 9.78 Å². The zero-order chi connectivity index (χ0) is 15.5. The van der Waals surface area contributed by atoms with Crippen LogP contribution in [0.2, 0.25) is 5.02 Å². The Balaban J connectivity index is 2.34. The van der Waals surface area contributed by atoms with Crippen LogP contribution in [0.3, 0.4) is 0 Å². The first kappa shape index (κ1) is 14.4. The van der Waals surface area contributed by atoms with Gasteiger partial charge in [0, 0.05) is 28.1 Å². The second kappa shape index (κ2) is 6.06. The molecular formula is C17H13ClN2O2. The molecule has 0 radical (unpaired) electrons. The van der Waals surface area contributed by atoms with Gasteiger partial charge in [-0.05, 0) is 30.7 Å². The van der Waals surface area contributed by atoms with E-state index in [1.807, 2.05) is 31.1 Å². The Hall–Kier alpha value is -2.55. The Morgan fingerprint density at radius 3 is 2.68 bits per heavy atom. The van der Waals surface area contributed by atoms with Gasteiger partial charge >= 0.3 is 0 Å². The number of halogens is 1. The van der Waals surface area contributed by atoms with Crippen molar-refractivity contribution in [3.05, 3.63) is 63.2 Å². The van der Waals surface area contributed by atoms with Gasteiger partial charge < -0.3 is 10.1 Å². The molecule has 0 bridgehead atoms. The molecule has 1 aliphatic rings. The number of fused-ring (bicyclic) bond motifs is 1. The summed E-state index contributed by atoms with van der Waals surface area (Å²) in [5.74, 6) is 2.45. The summed E-state index contributed by atoms with van der Waals surface area (Å²) in [6.45, 7) is 2.43. The van der Waals surface area contributed by atoms with Crippen molar-refractivity contribution in [2.45, 2.75) is 6.92 Å². The maximum atomic E-state index is 11.3. The van der Waals surface area contributed by atoms with Crippen LogP contribution in [0.1, 0.15) is 12.5 Å². The quantitative estimate of drug-likeness (QED) is 0.870. The number of ether oxygens (including phenoxy) is 1. The number of benzene rings is 1. The van der Waals surface area contributed by atoms with E-state index in [4.69, 9.17) is 16.3 Å². The van der Waals surface area contributed by atoms with Crippen molar-refractivity contribution in [1.82, 2.24) is 10.3 Å². The minimum absolute atomic E-state index is 0.343. The first-order chi connectivity index (χ1) is 10.7. The summed E-state index contributed by atoms with van der Waals surface area (Å²) >= 11 is 5.94. The minimum Gasteiger partial charge on any atom is -0.478 e. The first-order valence-corrected chi connectivity index (χ1v) is 7.23. The topological polar surface area (TPSA) is 51.2 Å². The Morgan fingerprint density at radius 1 is 1.23 bits per heavy atom. The molecule has 1 N–H and O–H groups in total. The Bertz CT molecular complexity index is 882. The molecule has 110 valence electrons. The van der Waals surface area contributed by atoms with Crippen LogP contribution in [0.4, 0.5) is 0 Å². The molecule has 0 atom stereocenters. The van der Waals surface area contributed by atoms with E-state index in [2.05, 4.69) is 10.3 Å². The van der Waals surface area contributed by atoms with Crippen molar-refractivity contribution in [3.8, 4) is 5.88 Å². The normalized spacial score (nSPS) is 12.8. The fourth-order valence-corrected chi connectivity index (χ4v) is 2.44. The highest BCUT2D eigenvalue weighted by molar-refractivity contribution is 6.30. The third-order valence-corrected chi connectivity index (χ3v) is 3.54. The molecule has 1 aromatic carbocycles. The van der Waals surface area contributed by atoms with Gasteiger partial charge in [-0.2, -0.15) is 0 Å². The average Bonchev–Trinajstić information content (AvgIpc) is 2.55. The van der Waals surface area contributed by atoms with E-state index in [0.717, 1.165) is 10.8 Å². The van der Waals surface area contributed by atoms with Gasteiger partial charge in [0.15, 0.2) is 5.94 Å². The molecule has 2 aromatic rings. The second-order valence-electron chi connectivity index (χ2n) is 4.67. The number of nitrogens with zero attached hydrogens (tertiary/aromatic N) is 1. The molecule has 0 unspecified atom stereocenters. The van der Waals surface area contributed by atoms with Crippen molar-refractivity contribution < 1.29 is 9.53 Å². The lowest BCUT2D eigenvalue weighted by atomic mass is 10.0. The van der Waals surface area contributed by atoms with Crippen molar-refractivity contribution in [2.75, 3.05) is 6.61 Å². The van der Waals surface area contributed by atoms with Crippen LogP contribution in [0.5, 0.6) is 5.88 Å². The molecule has 0 amide bonds. The van der Waals surface area contributed by atoms with Crippen LogP contribution in [-0.2, 0) is 4.79 Å². The fraction of sp³-hybridized carbons (Fsp3) is 0.118. The van der Waals surface area contributed by atoms with Crippen molar-refractivity contribution in [1.29, 1.82) is 0 Å². The number of nitrogens with one attached hydrogen (secondary N) is 1. The molecule has 2 heterocycles. The summed E-state index contributed by atoms with van der Waals surface area (Å²) in [5, 5.41) is 5.16. The summed E-state index contributed by atoms with van der Waals surface area (Å²) in [4.78, 5) is 15.8. The van der Waals surface area contributed by atoms with Crippen molar-refractivity contribution >= 4 is 29.3 Å². The average molecular weight is 313 g/mol. The number of pyridine rings is 1. The third-order valence-electron chi connectivity index (χ3n) is 3.29. The first-order valence-electron chi connectivity index (χ1n) is 6.85. The van der Waals surface area contributed by atoms with Crippen LogP contribution < -0.4 is 20.6 Å². The lowest BCUT2D eigenvalue weighted by Gasteiger charge is -2.14. The Morgan fingerprint density at radius 2 is 2.00 bits per heavy atom. The smallest absolute Gasteiger partial charge is 0.213 e. The highest BCUT2D eigenvalue weighted by Crippen LogP contribution is 2.20. The van der Waals surface area contributed by atoms with Crippen LogP contribution in [-0.4, -0.2) is 17.5 Å². The zero-order valence-corrected chi connectivity index (χ0v) is 12.6. The fourth-order valence-electron chi connectivity index (χ4n) is 2.32. The van der Waals surface area contributed by atoms with Gasteiger partial charge in [0.05, 0.1) is 12.0 Å². The summed E-state index contributed by atoms with van der Waals surface area (Å²) in [5.41, 5.74) is 1.87. The molecule has 3 rings (SSSR count). The van der Waals surface area contributed by atoms with Gasteiger partial charge in [-0.1, -0.05) is 23.7 Å². The molecule has 1 aliphatic heterocycles. The van der Waals surface area contributed by atoms with Gasteiger partial charge in [-0.15, -0.1) is 0 Å². The molecule has 5 heteroatoms. The van der Waals surface area contributed by atoms with Crippen LogP contribution in [0, 0.1) is 0 Å². The maximum Gasteiger partial charge on any atom is 0.213 e. The second-order valence-corrected chi connectivity index (χ2v) is 5.10. The van der Waals surface area contributed by atoms with Crippen LogP contribution >= 0.6 is 11.6 Å². The van der Waals surface area contributed by atoms with Crippen LogP contribution in [0.15, 0.2) is 42.1 Å². The number of aromatic nitrogens is 1. The molecule has 0 fully saturated rings. The lowest BCUT2D eigenvalue weighted by molar-refractivity contribution is 0.326. The highest BCUT2D eigenvalue weighted by Gasteiger charge is 2.15. The van der Waals surface area contributed by atoms with E-state index >= 15 is 0 Å². The Labute approximate surface area is 132 Å². The van der Waals surface area contributed by atoms with E-state index in [1.54, 1.807) is 24.4 Å². The molecule has 4 nitrogen and oxygen atoms in total. The van der Waals surface area contributed by atoms with Crippen molar-refractivity contribution in [2.24, 2.45) is 0 Å². The minimum atomic E-state index is 0.343. The number of carbonyl (C=O) groups excluding carboxylic acids is 1. The molecular weight excluding hydrogens is 300 g/mol. The summed E-state index contributed by atoms with van der Waals surface area (Å²) < 4.78 is 5.46. The maximum absolute atomic E-state index is 11.3. The lowest BCUT2D eigenvalue weighted by Crippen LogP contribution is -2.38. The predicted molar refractivity (Wildman–Crippen MR) is 85.4 cm³/mol. The standard InChI is InChI=1S/C17H13ClN2O2/c1-2-22-15-8-5-12-9-19-14(10-21)16(17(12)20-15)11-3-6-13(18)7-4-11/h3-9,19H,2H2,1H3. The Kier molecular flexibility index (Phi) is 3.96. The zero-order valence-electron chi connectivity index (χ0n) is 11.9. The number of rotatable bonds is 3. The molecule has 0 aliphatic carbocycles. The number of hydrogen-bond acceptors (Lipinski definition) is 4. The number of hydrogen-bond donors (Lipinski definition) is 1. The highest BCUT2D eigenvalue weighted by atomic mass is 35.5. The summed E-state index contributed by atoms with van der Waals surface area (Å²) in [6.07, 6.45) is 1.73. The van der Waals surface area contributed by atoms with Gasteiger partial charge in [0.25, 0.3) is 0 Å². The van der Waals surface area contributed by atoms with Crippen molar-refractivity contribution in [3.63, 3.8) is 0 Å².